The van der Waals surface area contributed by atoms with Gasteiger partial charge < -0.3 is 10.0 Å². The first-order chi connectivity index (χ1) is 7.88. The van der Waals surface area contributed by atoms with Crippen LogP contribution in [0.1, 0.15) is 6.42 Å². The van der Waals surface area contributed by atoms with Gasteiger partial charge in [-0.3, -0.25) is 0 Å². The maximum atomic E-state index is 13.8. The van der Waals surface area contributed by atoms with Crippen molar-refractivity contribution in [2.75, 3.05) is 24.2 Å². The minimum atomic E-state index is -3.38. The molecule has 1 aliphatic rings. The van der Waals surface area contributed by atoms with Crippen LogP contribution in [0.2, 0.25) is 0 Å². The normalized spacial score (nSPS) is 20.9. The number of β-amino-alcohol motifs (C(OH)–C–C–N with tert-alkyl or cyclic N) is 1. The Morgan fingerprint density at radius 3 is 2.65 bits per heavy atom. The molecule has 1 N–H and O–H groups in total. The van der Waals surface area contributed by atoms with Crippen LogP contribution in [0.25, 0.3) is 0 Å². The molecule has 2 rings (SSSR count). The summed E-state index contributed by atoms with van der Waals surface area (Å²) in [6.07, 6.45) is 1.21. The molecule has 1 fully saturated rings. The molecular weight excluding hydrogens is 245 g/mol. The van der Waals surface area contributed by atoms with E-state index in [-0.39, 0.29) is 4.90 Å². The Morgan fingerprint density at radius 2 is 2.18 bits per heavy atom. The molecule has 0 aromatic heterocycles. The lowest BCUT2D eigenvalue weighted by Crippen LogP contribution is -2.22. The first-order valence-corrected chi connectivity index (χ1v) is 7.19. The second kappa shape index (κ2) is 4.27. The van der Waals surface area contributed by atoms with E-state index >= 15 is 0 Å². The third kappa shape index (κ3) is 2.58. The third-order valence-corrected chi connectivity index (χ3v) is 3.96. The molecule has 0 aliphatic carbocycles. The quantitative estimate of drug-likeness (QED) is 0.853. The molecule has 0 spiro atoms. The maximum Gasteiger partial charge on any atom is 0.175 e. The fraction of sp³-hybridized carbons (Fsp3) is 0.455. The van der Waals surface area contributed by atoms with Gasteiger partial charge in [0, 0.05) is 19.3 Å². The summed E-state index contributed by atoms with van der Waals surface area (Å²) in [5, 5.41) is 9.38. The van der Waals surface area contributed by atoms with Gasteiger partial charge in [0.05, 0.1) is 16.7 Å². The SMILES string of the molecule is CS(=O)(=O)c1ccc(N2CCC(O)C2)c(F)c1. The van der Waals surface area contributed by atoms with Crippen LogP contribution in [0.3, 0.4) is 0 Å². The molecule has 6 heteroatoms. The number of anilines is 1. The Morgan fingerprint density at radius 1 is 1.47 bits per heavy atom. The Bertz CT molecular complexity index is 530. The first kappa shape index (κ1) is 12.3. The molecule has 1 heterocycles. The number of aliphatic hydroxyl groups excluding tert-OH is 1. The van der Waals surface area contributed by atoms with Gasteiger partial charge in [0.25, 0.3) is 0 Å². The Hall–Kier alpha value is -1.14. The second-order valence-corrected chi connectivity index (χ2v) is 6.29. The van der Waals surface area contributed by atoms with Crippen molar-refractivity contribution in [1.29, 1.82) is 0 Å². The highest BCUT2D eigenvalue weighted by Gasteiger charge is 2.23. The van der Waals surface area contributed by atoms with E-state index in [0.29, 0.717) is 25.2 Å². The number of hydrogen-bond donors (Lipinski definition) is 1. The van der Waals surface area contributed by atoms with E-state index in [4.69, 9.17) is 0 Å². The molecule has 0 amide bonds. The van der Waals surface area contributed by atoms with E-state index in [1.165, 1.54) is 12.1 Å². The number of sulfone groups is 1. The van der Waals surface area contributed by atoms with Crippen LogP contribution in [0.4, 0.5) is 10.1 Å². The van der Waals surface area contributed by atoms with E-state index in [9.17, 15) is 17.9 Å². The largest absolute Gasteiger partial charge is 0.391 e. The van der Waals surface area contributed by atoms with Gasteiger partial charge in [0.1, 0.15) is 5.82 Å². The van der Waals surface area contributed by atoms with Crippen LogP contribution in [0, 0.1) is 5.82 Å². The lowest BCUT2D eigenvalue weighted by atomic mass is 10.3. The van der Waals surface area contributed by atoms with Crippen molar-refractivity contribution in [2.45, 2.75) is 17.4 Å². The lowest BCUT2D eigenvalue weighted by molar-refractivity contribution is 0.198. The molecule has 1 atom stereocenters. The van der Waals surface area contributed by atoms with Crippen LogP contribution in [0.5, 0.6) is 0 Å². The van der Waals surface area contributed by atoms with E-state index in [1.54, 1.807) is 4.90 Å². The maximum absolute atomic E-state index is 13.8. The summed E-state index contributed by atoms with van der Waals surface area (Å²) in [5.74, 6) is -0.568. The fourth-order valence-corrected chi connectivity index (χ4v) is 2.57. The predicted molar refractivity (Wildman–Crippen MR) is 62.3 cm³/mol. The van der Waals surface area contributed by atoms with Gasteiger partial charge in [-0.05, 0) is 24.6 Å². The van der Waals surface area contributed by atoms with Gasteiger partial charge >= 0.3 is 0 Å². The molecule has 1 unspecified atom stereocenters. The van der Waals surface area contributed by atoms with Gasteiger partial charge in [-0.15, -0.1) is 0 Å². The molecular formula is C11H14FNO3S. The number of aliphatic hydroxyl groups is 1. The standard InChI is InChI=1S/C11H14FNO3S/c1-17(15,16)9-2-3-11(10(12)6-9)13-5-4-8(14)7-13/h2-3,6,8,14H,4-5,7H2,1H3. The summed E-state index contributed by atoms with van der Waals surface area (Å²) in [6, 6.07) is 3.86. The molecule has 0 radical (unpaired) electrons. The van der Waals surface area contributed by atoms with Crippen LogP contribution in [-0.2, 0) is 9.84 Å². The number of benzene rings is 1. The minimum absolute atomic E-state index is 0.0292. The Labute approximate surface area is 99.6 Å². The van der Waals surface area contributed by atoms with Crippen molar-refractivity contribution in [1.82, 2.24) is 0 Å². The molecule has 17 heavy (non-hydrogen) atoms. The van der Waals surface area contributed by atoms with E-state index < -0.39 is 21.8 Å². The minimum Gasteiger partial charge on any atom is -0.391 e. The highest BCUT2D eigenvalue weighted by Crippen LogP contribution is 2.25. The molecule has 1 aromatic rings. The van der Waals surface area contributed by atoms with E-state index in [1.807, 2.05) is 0 Å². The molecule has 4 nitrogen and oxygen atoms in total. The van der Waals surface area contributed by atoms with Crippen molar-refractivity contribution in [3.8, 4) is 0 Å². The van der Waals surface area contributed by atoms with E-state index in [2.05, 4.69) is 0 Å². The zero-order chi connectivity index (χ0) is 12.6. The fourth-order valence-electron chi connectivity index (χ4n) is 1.94. The summed E-state index contributed by atoms with van der Waals surface area (Å²) >= 11 is 0. The number of hydrogen-bond acceptors (Lipinski definition) is 4. The number of halogens is 1. The van der Waals surface area contributed by atoms with Crippen LogP contribution in [0.15, 0.2) is 23.1 Å². The Balaban J connectivity index is 2.32. The van der Waals surface area contributed by atoms with Gasteiger partial charge in [0.15, 0.2) is 9.84 Å². The summed E-state index contributed by atoms with van der Waals surface area (Å²) < 4.78 is 36.3. The topological polar surface area (TPSA) is 57.6 Å². The van der Waals surface area contributed by atoms with Crippen LogP contribution in [-0.4, -0.2) is 39.0 Å². The predicted octanol–water partition coefficient (Wildman–Crippen LogP) is 0.800. The zero-order valence-corrected chi connectivity index (χ0v) is 10.2. The lowest BCUT2D eigenvalue weighted by Gasteiger charge is -2.18. The molecule has 0 saturated carbocycles. The molecule has 94 valence electrons. The van der Waals surface area contributed by atoms with Gasteiger partial charge in [0.2, 0.25) is 0 Å². The number of nitrogens with zero attached hydrogens (tertiary/aromatic N) is 1. The van der Waals surface area contributed by atoms with E-state index in [0.717, 1.165) is 12.3 Å². The van der Waals surface area contributed by atoms with Gasteiger partial charge in [-0.2, -0.15) is 0 Å². The van der Waals surface area contributed by atoms with Crippen LogP contribution >= 0.6 is 0 Å². The van der Waals surface area contributed by atoms with Gasteiger partial charge in [-0.1, -0.05) is 0 Å². The average molecular weight is 259 g/mol. The average Bonchev–Trinajstić information content (AvgIpc) is 2.63. The monoisotopic (exact) mass is 259 g/mol. The smallest absolute Gasteiger partial charge is 0.175 e. The third-order valence-electron chi connectivity index (χ3n) is 2.85. The van der Waals surface area contributed by atoms with Crippen molar-refractivity contribution in [3.63, 3.8) is 0 Å². The van der Waals surface area contributed by atoms with Crippen molar-refractivity contribution in [2.24, 2.45) is 0 Å². The molecule has 1 aliphatic heterocycles. The highest BCUT2D eigenvalue weighted by atomic mass is 32.2. The van der Waals surface area contributed by atoms with Gasteiger partial charge in [-0.25, -0.2) is 12.8 Å². The molecule has 0 bridgehead atoms. The van der Waals surface area contributed by atoms with Crippen LogP contribution < -0.4 is 4.90 Å². The Kier molecular flexibility index (Phi) is 3.09. The summed E-state index contributed by atoms with van der Waals surface area (Å²) in [6.45, 7) is 0.964. The summed E-state index contributed by atoms with van der Waals surface area (Å²) in [4.78, 5) is 1.69. The highest BCUT2D eigenvalue weighted by molar-refractivity contribution is 7.90. The van der Waals surface area contributed by atoms with Crippen molar-refractivity contribution in [3.05, 3.63) is 24.0 Å². The first-order valence-electron chi connectivity index (χ1n) is 5.30. The second-order valence-electron chi connectivity index (χ2n) is 4.27. The van der Waals surface area contributed by atoms with Crippen molar-refractivity contribution < 1.29 is 17.9 Å². The summed E-state index contributed by atoms with van der Waals surface area (Å²) in [7, 11) is -3.38. The molecule has 1 aromatic carbocycles. The van der Waals surface area contributed by atoms with Crippen molar-refractivity contribution >= 4 is 15.5 Å². The summed E-state index contributed by atoms with van der Waals surface area (Å²) in [5.41, 5.74) is 0.342. The zero-order valence-electron chi connectivity index (χ0n) is 9.43. The number of rotatable bonds is 2. The molecule has 1 saturated heterocycles.